The van der Waals surface area contributed by atoms with E-state index in [0.29, 0.717) is 19.5 Å². The van der Waals surface area contributed by atoms with E-state index in [-0.39, 0.29) is 18.0 Å². The van der Waals surface area contributed by atoms with E-state index in [9.17, 15) is 18.3 Å². The number of β-amino-alcohol motifs (C(OH)–C–C–N with tert-alkyl or cyclic N) is 1. The van der Waals surface area contributed by atoms with Gasteiger partial charge < -0.3 is 5.11 Å². The molecule has 0 spiro atoms. The number of rotatable bonds is 4. The zero-order chi connectivity index (χ0) is 17.2. The molecule has 0 saturated carbocycles. The molecule has 6 heteroatoms. The first-order valence-electron chi connectivity index (χ1n) is 7.88. The second-order valence-electron chi connectivity index (χ2n) is 6.24. The van der Waals surface area contributed by atoms with Crippen LogP contribution in [0.4, 0.5) is 13.2 Å². The molecule has 2 atom stereocenters. The lowest BCUT2D eigenvalue weighted by atomic mass is 9.97. The average molecular weight is 336 g/mol. The molecule has 1 aromatic carbocycles. The molecule has 0 amide bonds. The first-order valence-corrected chi connectivity index (χ1v) is 7.88. The molecular weight excluding hydrogens is 317 g/mol. The Morgan fingerprint density at radius 2 is 1.79 bits per heavy atom. The molecule has 0 bridgehead atoms. The normalized spacial score (nSPS) is 22.0. The van der Waals surface area contributed by atoms with Gasteiger partial charge in [-0.3, -0.25) is 9.88 Å². The van der Waals surface area contributed by atoms with Gasteiger partial charge in [-0.15, -0.1) is 0 Å². The number of pyridine rings is 1. The lowest BCUT2D eigenvalue weighted by molar-refractivity contribution is -0.138. The van der Waals surface area contributed by atoms with E-state index in [2.05, 4.69) is 4.98 Å². The third-order valence-electron chi connectivity index (χ3n) is 4.45. The van der Waals surface area contributed by atoms with Crippen LogP contribution in [-0.2, 0) is 19.1 Å². The maximum absolute atomic E-state index is 13.1. The van der Waals surface area contributed by atoms with Crippen molar-refractivity contribution in [3.05, 3.63) is 65.5 Å². The highest BCUT2D eigenvalue weighted by molar-refractivity contribution is 5.29. The number of aliphatic hydroxyl groups excluding tert-OH is 1. The second kappa shape index (κ2) is 6.91. The van der Waals surface area contributed by atoms with Crippen LogP contribution < -0.4 is 0 Å². The van der Waals surface area contributed by atoms with E-state index in [1.165, 1.54) is 12.1 Å². The van der Waals surface area contributed by atoms with Crippen molar-refractivity contribution in [2.24, 2.45) is 5.92 Å². The van der Waals surface area contributed by atoms with Gasteiger partial charge in [0.25, 0.3) is 0 Å². The summed E-state index contributed by atoms with van der Waals surface area (Å²) in [6, 6.07) is 9.42. The summed E-state index contributed by atoms with van der Waals surface area (Å²) in [5.74, 6) is 0.0189. The van der Waals surface area contributed by atoms with Crippen LogP contribution in [-0.4, -0.2) is 34.2 Å². The molecule has 1 saturated heterocycles. The van der Waals surface area contributed by atoms with Crippen LogP contribution >= 0.6 is 0 Å². The minimum Gasteiger partial charge on any atom is -0.391 e. The molecular formula is C18H19F3N2O. The summed E-state index contributed by atoms with van der Waals surface area (Å²) in [6.07, 6.45) is -0.787. The second-order valence-corrected chi connectivity index (χ2v) is 6.24. The largest absolute Gasteiger partial charge is 0.416 e. The number of likely N-dealkylation sites (tertiary alicyclic amines) is 1. The summed E-state index contributed by atoms with van der Waals surface area (Å²) < 4.78 is 39.3. The Balaban J connectivity index is 1.68. The standard InChI is InChI=1S/C18H19F3N2O/c19-18(20,21)16-4-2-1-3-14(16)10-23-11-15(17(24)12-23)9-13-5-7-22-8-6-13/h1-8,15,17,24H,9-12H2/t15-,17-/m1/s1. The molecule has 24 heavy (non-hydrogen) atoms. The molecule has 2 heterocycles. The van der Waals surface area contributed by atoms with E-state index < -0.39 is 17.8 Å². The number of halogens is 3. The van der Waals surface area contributed by atoms with Crippen LogP contribution in [0.2, 0.25) is 0 Å². The van der Waals surface area contributed by atoms with Gasteiger partial charge in [-0.25, -0.2) is 0 Å². The quantitative estimate of drug-likeness (QED) is 0.932. The number of aliphatic hydroxyl groups is 1. The number of hydrogen-bond donors (Lipinski definition) is 1. The molecule has 0 unspecified atom stereocenters. The summed E-state index contributed by atoms with van der Waals surface area (Å²) in [4.78, 5) is 5.85. The van der Waals surface area contributed by atoms with Crippen molar-refractivity contribution >= 4 is 0 Å². The molecule has 1 aromatic heterocycles. The van der Waals surface area contributed by atoms with Gasteiger partial charge in [0.15, 0.2) is 0 Å². The topological polar surface area (TPSA) is 36.4 Å². The molecule has 3 rings (SSSR count). The van der Waals surface area contributed by atoms with Crippen LogP contribution in [0.1, 0.15) is 16.7 Å². The van der Waals surface area contributed by atoms with Crippen molar-refractivity contribution in [1.29, 1.82) is 0 Å². The molecule has 1 aliphatic heterocycles. The van der Waals surface area contributed by atoms with Gasteiger partial charge in [-0.05, 0) is 35.7 Å². The number of nitrogens with zero attached hydrogens (tertiary/aromatic N) is 2. The van der Waals surface area contributed by atoms with Crippen LogP contribution in [0, 0.1) is 5.92 Å². The van der Waals surface area contributed by atoms with E-state index in [1.807, 2.05) is 17.0 Å². The molecule has 1 fully saturated rings. The zero-order valence-electron chi connectivity index (χ0n) is 13.1. The van der Waals surface area contributed by atoms with Gasteiger partial charge in [0.2, 0.25) is 0 Å². The SMILES string of the molecule is O[C@@H]1CN(Cc2ccccc2C(F)(F)F)C[C@H]1Cc1ccncc1. The Labute approximate surface area is 138 Å². The van der Waals surface area contributed by atoms with Gasteiger partial charge in [-0.1, -0.05) is 18.2 Å². The highest BCUT2D eigenvalue weighted by Crippen LogP contribution is 2.33. The first-order chi connectivity index (χ1) is 11.4. The Bertz CT molecular complexity index is 675. The summed E-state index contributed by atoms with van der Waals surface area (Å²) in [6.45, 7) is 1.16. The van der Waals surface area contributed by atoms with Crippen LogP contribution in [0.25, 0.3) is 0 Å². The van der Waals surface area contributed by atoms with E-state index in [0.717, 1.165) is 11.6 Å². The lowest BCUT2D eigenvalue weighted by Crippen LogP contribution is -2.23. The van der Waals surface area contributed by atoms with Crippen LogP contribution in [0.3, 0.4) is 0 Å². The Morgan fingerprint density at radius 3 is 2.50 bits per heavy atom. The van der Waals surface area contributed by atoms with Crippen LogP contribution in [0.5, 0.6) is 0 Å². The van der Waals surface area contributed by atoms with Crippen molar-refractivity contribution in [3.63, 3.8) is 0 Å². The fourth-order valence-corrected chi connectivity index (χ4v) is 3.27. The third-order valence-corrected chi connectivity index (χ3v) is 4.45. The predicted molar refractivity (Wildman–Crippen MR) is 84.2 cm³/mol. The highest BCUT2D eigenvalue weighted by Gasteiger charge is 2.35. The Kier molecular flexibility index (Phi) is 4.87. The van der Waals surface area contributed by atoms with E-state index in [1.54, 1.807) is 18.5 Å². The molecule has 0 radical (unpaired) electrons. The molecule has 1 N–H and O–H groups in total. The maximum atomic E-state index is 13.1. The van der Waals surface area contributed by atoms with Gasteiger partial charge in [0.05, 0.1) is 11.7 Å². The van der Waals surface area contributed by atoms with Gasteiger partial charge in [0, 0.05) is 37.9 Å². The zero-order valence-corrected chi connectivity index (χ0v) is 13.1. The van der Waals surface area contributed by atoms with E-state index >= 15 is 0 Å². The summed E-state index contributed by atoms with van der Waals surface area (Å²) in [7, 11) is 0. The molecule has 3 nitrogen and oxygen atoms in total. The summed E-state index contributed by atoms with van der Waals surface area (Å²) >= 11 is 0. The minimum atomic E-state index is -4.36. The Morgan fingerprint density at radius 1 is 1.08 bits per heavy atom. The van der Waals surface area contributed by atoms with Crippen molar-refractivity contribution in [1.82, 2.24) is 9.88 Å². The number of alkyl halides is 3. The fraction of sp³-hybridized carbons (Fsp3) is 0.389. The first kappa shape index (κ1) is 16.9. The fourth-order valence-electron chi connectivity index (χ4n) is 3.27. The average Bonchev–Trinajstić information content (AvgIpc) is 2.87. The van der Waals surface area contributed by atoms with Crippen LogP contribution in [0.15, 0.2) is 48.8 Å². The Hall–Kier alpha value is -1.92. The highest BCUT2D eigenvalue weighted by atomic mass is 19.4. The monoisotopic (exact) mass is 336 g/mol. The van der Waals surface area contributed by atoms with Gasteiger partial charge in [-0.2, -0.15) is 13.2 Å². The smallest absolute Gasteiger partial charge is 0.391 e. The molecule has 0 aliphatic carbocycles. The molecule has 2 aromatic rings. The van der Waals surface area contributed by atoms with Crippen molar-refractivity contribution < 1.29 is 18.3 Å². The van der Waals surface area contributed by atoms with E-state index in [4.69, 9.17) is 0 Å². The van der Waals surface area contributed by atoms with Crippen molar-refractivity contribution in [3.8, 4) is 0 Å². The van der Waals surface area contributed by atoms with Gasteiger partial charge in [0.1, 0.15) is 0 Å². The van der Waals surface area contributed by atoms with Crippen molar-refractivity contribution in [2.75, 3.05) is 13.1 Å². The third kappa shape index (κ3) is 3.94. The lowest BCUT2D eigenvalue weighted by Gasteiger charge is -2.19. The summed E-state index contributed by atoms with van der Waals surface area (Å²) in [5, 5.41) is 10.2. The van der Waals surface area contributed by atoms with Crippen molar-refractivity contribution in [2.45, 2.75) is 25.2 Å². The summed E-state index contributed by atoms with van der Waals surface area (Å²) in [5.41, 5.74) is 0.727. The molecule has 1 aliphatic rings. The number of aromatic nitrogens is 1. The van der Waals surface area contributed by atoms with Gasteiger partial charge >= 0.3 is 6.18 Å². The number of hydrogen-bond acceptors (Lipinski definition) is 3. The maximum Gasteiger partial charge on any atom is 0.416 e. The number of benzene rings is 1. The predicted octanol–water partition coefficient (Wildman–Crippen LogP) is 3.14. The molecule has 128 valence electrons. The minimum absolute atomic E-state index is 0.0189.